The first-order valence-electron chi connectivity index (χ1n) is 19.0. The molecule has 1 aliphatic carbocycles. The van der Waals surface area contributed by atoms with Crippen molar-refractivity contribution in [2.45, 2.75) is 147 Å². The minimum atomic E-state index is -1.39. The Bertz CT molecular complexity index is 1060. The molecule has 0 aromatic carbocycles. The van der Waals surface area contributed by atoms with E-state index in [1.807, 2.05) is 13.8 Å². The van der Waals surface area contributed by atoms with E-state index in [0.717, 1.165) is 44.9 Å². The lowest BCUT2D eigenvalue weighted by Crippen LogP contribution is -2.61. The van der Waals surface area contributed by atoms with E-state index in [1.165, 1.54) is 4.90 Å². The van der Waals surface area contributed by atoms with Gasteiger partial charge in [-0.2, -0.15) is 0 Å². The molecule has 1 saturated carbocycles. The summed E-state index contributed by atoms with van der Waals surface area (Å²) in [6.07, 6.45) is 9.93. The molecule has 2 rings (SSSR count). The van der Waals surface area contributed by atoms with Gasteiger partial charge < -0.3 is 46.5 Å². The molecule has 2 fully saturated rings. The quantitative estimate of drug-likeness (QED) is 0.145. The van der Waals surface area contributed by atoms with Crippen LogP contribution in [-0.4, -0.2) is 116 Å². The van der Waals surface area contributed by atoms with E-state index in [1.54, 1.807) is 14.0 Å². The van der Waals surface area contributed by atoms with E-state index in [2.05, 4.69) is 28.2 Å². The third kappa shape index (κ3) is 14.1. The number of carbonyl (C=O) groups is 5. The predicted molar refractivity (Wildman–Crippen MR) is 191 cm³/mol. The van der Waals surface area contributed by atoms with Crippen molar-refractivity contribution in [1.29, 1.82) is 0 Å². The van der Waals surface area contributed by atoms with Crippen LogP contribution in [0, 0.1) is 11.8 Å². The molecule has 0 aromatic heterocycles. The van der Waals surface area contributed by atoms with Crippen LogP contribution in [0.15, 0.2) is 0 Å². The minimum Gasteiger partial charge on any atom is -0.394 e. The van der Waals surface area contributed by atoms with Crippen LogP contribution in [0.2, 0.25) is 0 Å². The highest BCUT2D eigenvalue weighted by Gasteiger charge is 2.38. The Labute approximate surface area is 299 Å². The molecule has 7 N–H and O–H groups in total. The van der Waals surface area contributed by atoms with Crippen molar-refractivity contribution >= 4 is 29.5 Å². The number of nitrogens with one attached hydrogen (secondary N) is 4. The molecular formula is C36H66N6O8. The zero-order chi connectivity index (χ0) is 37.1. The van der Waals surface area contributed by atoms with Gasteiger partial charge in [0.1, 0.15) is 24.2 Å². The highest BCUT2D eigenvalue weighted by Crippen LogP contribution is 2.27. The number of unbranched alkanes of at least 4 members (excludes halogenated alkanes) is 3. The first-order valence-corrected chi connectivity index (χ1v) is 19.0. The molecule has 2 aliphatic rings. The van der Waals surface area contributed by atoms with Gasteiger partial charge in [-0.1, -0.05) is 72.1 Å². The second-order valence-electron chi connectivity index (χ2n) is 14.1. The molecule has 14 nitrogen and oxygen atoms in total. The van der Waals surface area contributed by atoms with Crippen molar-refractivity contribution in [3.05, 3.63) is 0 Å². The molecule has 0 aromatic rings. The smallest absolute Gasteiger partial charge is 0.245 e. The van der Waals surface area contributed by atoms with Gasteiger partial charge in [0, 0.05) is 19.7 Å². The summed E-state index contributed by atoms with van der Waals surface area (Å²) >= 11 is 0. The maximum Gasteiger partial charge on any atom is 0.245 e. The van der Waals surface area contributed by atoms with Crippen LogP contribution in [0.4, 0.5) is 0 Å². The summed E-state index contributed by atoms with van der Waals surface area (Å²) in [5.74, 6) is -3.35. The Kier molecular flexibility index (Phi) is 20.5. The van der Waals surface area contributed by atoms with Gasteiger partial charge in [0.05, 0.1) is 31.8 Å². The third-order valence-corrected chi connectivity index (χ3v) is 9.85. The second-order valence-corrected chi connectivity index (χ2v) is 14.1. The lowest BCUT2D eigenvalue weighted by molar-refractivity contribution is -0.147. The van der Waals surface area contributed by atoms with Crippen molar-refractivity contribution < 1.29 is 38.6 Å². The van der Waals surface area contributed by atoms with Crippen molar-refractivity contribution in [2.24, 2.45) is 17.6 Å². The molecule has 288 valence electrons. The van der Waals surface area contributed by atoms with Crippen LogP contribution >= 0.6 is 0 Å². The number of hydrogen-bond acceptors (Lipinski definition) is 9. The van der Waals surface area contributed by atoms with Gasteiger partial charge in [-0.05, 0) is 51.5 Å². The lowest BCUT2D eigenvalue weighted by Gasteiger charge is -2.35. The molecule has 1 aliphatic heterocycles. The average Bonchev–Trinajstić information content (AvgIpc) is 3.11. The van der Waals surface area contributed by atoms with Crippen molar-refractivity contribution in [1.82, 2.24) is 26.2 Å². The largest absolute Gasteiger partial charge is 0.394 e. The van der Waals surface area contributed by atoms with Gasteiger partial charge in [-0.3, -0.25) is 24.0 Å². The zero-order valence-electron chi connectivity index (χ0n) is 31.2. The Hall–Kier alpha value is -2.81. The molecule has 0 bridgehead atoms. The molecule has 0 spiro atoms. The zero-order valence-corrected chi connectivity index (χ0v) is 31.2. The monoisotopic (exact) mass is 710 g/mol. The number of hydrogen-bond donors (Lipinski definition) is 6. The highest BCUT2D eigenvalue weighted by molar-refractivity contribution is 5.96. The molecule has 1 saturated heterocycles. The molecule has 0 radical (unpaired) electrons. The van der Waals surface area contributed by atoms with Crippen LogP contribution in [0.25, 0.3) is 0 Å². The van der Waals surface area contributed by atoms with Gasteiger partial charge in [-0.25, -0.2) is 0 Å². The maximum atomic E-state index is 14.0. The number of carbonyl (C=O) groups excluding carboxylic acids is 5. The number of ether oxygens (including phenoxy) is 2. The number of nitrogens with two attached hydrogens (primary N) is 1. The number of likely N-dealkylation sites (N-methyl/N-ethyl adjacent to an activating group) is 1. The van der Waals surface area contributed by atoms with Gasteiger partial charge in [0.15, 0.2) is 0 Å². The Morgan fingerprint density at radius 2 is 1.50 bits per heavy atom. The Balaban J connectivity index is 2.51. The average molecular weight is 711 g/mol. The second kappa shape index (κ2) is 23.6. The van der Waals surface area contributed by atoms with Gasteiger partial charge >= 0.3 is 0 Å². The predicted octanol–water partition coefficient (Wildman–Crippen LogP) is 1.52. The van der Waals surface area contributed by atoms with Gasteiger partial charge in [0.25, 0.3) is 0 Å². The first kappa shape index (κ1) is 43.4. The van der Waals surface area contributed by atoms with E-state index in [9.17, 15) is 29.1 Å². The Morgan fingerprint density at radius 1 is 0.820 bits per heavy atom. The lowest BCUT2D eigenvalue weighted by atomic mass is 9.83. The summed E-state index contributed by atoms with van der Waals surface area (Å²) < 4.78 is 12.0. The Morgan fingerprint density at radius 3 is 2.14 bits per heavy atom. The number of nitrogens with zero attached hydrogens (tertiary/aromatic N) is 1. The fourth-order valence-electron chi connectivity index (χ4n) is 6.72. The molecule has 50 heavy (non-hydrogen) atoms. The maximum absolute atomic E-state index is 14.0. The molecule has 1 heterocycles. The SMILES string of the molecule is CCCCCC[C@H]1OC[C@@H](C)NC(=O)[C@H](COCCCN)NC(=O)[C@H](CO)NC(=O)[C@H](C2CCCCC2)NC(=O)[C@H](CCC)N(C)C(=O)[C@@H]1C. The van der Waals surface area contributed by atoms with E-state index >= 15 is 0 Å². The summed E-state index contributed by atoms with van der Waals surface area (Å²) in [5, 5.41) is 21.3. The van der Waals surface area contributed by atoms with Gasteiger partial charge in [-0.15, -0.1) is 0 Å². The topological polar surface area (TPSA) is 201 Å². The summed E-state index contributed by atoms with van der Waals surface area (Å²) in [7, 11) is 1.62. The highest BCUT2D eigenvalue weighted by atomic mass is 16.5. The fourth-order valence-corrected chi connectivity index (χ4v) is 6.72. The summed E-state index contributed by atoms with van der Waals surface area (Å²) in [6, 6.07) is -4.83. The van der Waals surface area contributed by atoms with Crippen molar-refractivity contribution in [3.8, 4) is 0 Å². The van der Waals surface area contributed by atoms with Crippen molar-refractivity contribution in [3.63, 3.8) is 0 Å². The summed E-state index contributed by atoms with van der Waals surface area (Å²) in [5.41, 5.74) is 5.58. The first-order chi connectivity index (χ1) is 24.0. The van der Waals surface area contributed by atoms with Crippen molar-refractivity contribution in [2.75, 3.05) is 40.0 Å². The molecular weight excluding hydrogens is 644 g/mol. The molecule has 14 heteroatoms. The normalized spacial score (nSPS) is 28.9. The number of rotatable bonds is 14. The summed E-state index contributed by atoms with van der Waals surface area (Å²) in [4.78, 5) is 70.3. The summed E-state index contributed by atoms with van der Waals surface area (Å²) in [6.45, 7) is 7.53. The van der Waals surface area contributed by atoms with Crippen LogP contribution in [0.1, 0.15) is 111 Å². The van der Waals surface area contributed by atoms with E-state index in [0.29, 0.717) is 45.1 Å². The van der Waals surface area contributed by atoms with Crippen LogP contribution < -0.4 is 27.0 Å². The number of aliphatic hydroxyl groups excluding tert-OH is 1. The van der Waals surface area contributed by atoms with E-state index in [4.69, 9.17) is 15.2 Å². The molecule has 0 unspecified atom stereocenters. The van der Waals surface area contributed by atoms with Crippen LogP contribution in [0.3, 0.4) is 0 Å². The van der Waals surface area contributed by atoms with Gasteiger partial charge in [0.2, 0.25) is 29.5 Å². The molecule has 5 amide bonds. The standard InChI is InChI=1S/C36H66N6O8/c1-6-8-9-13-18-30-25(4)36(48)42(5)29(15-7-2)34(46)41-31(26-16-11-10-12-17-26)35(47)39-27(21-43)32(44)40-28(23-49-20-14-19-37)33(45)38-24(3)22-50-30/h24-31,43H,6-23,37H2,1-5H3,(H,38,45)(H,39,47)(H,40,44)(H,41,46)/t24-,25-,27+,28+,29+,30-,31+/m1/s1. The van der Waals surface area contributed by atoms with E-state index in [-0.39, 0.29) is 31.6 Å². The number of amides is 5. The fraction of sp³-hybridized carbons (Fsp3) is 0.861. The molecule has 7 atom stereocenters. The van der Waals surface area contributed by atoms with Crippen LogP contribution in [-0.2, 0) is 33.4 Å². The van der Waals surface area contributed by atoms with Crippen LogP contribution in [0.5, 0.6) is 0 Å². The van der Waals surface area contributed by atoms with E-state index < -0.39 is 72.5 Å². The minimum absolute atomic E-state index is 0.109. The third-order valence-electron chi connectivity index (χ3n) is 9.85. The number of aliphatic hydroxyl groups is 1.